The van der Waals surface area contributed by atoms with Gasteiger partial charge in [0.15, 0.2) is 0 Å². The second kappa shape index (κ2) is 5.94. The number of nitrogens with one attached hydrogen (secondary N) is 1. The number of anilines is 1. The van der Waals surface area contributed by atoms with Gasteiger partial charge in [-0.25, -0.2) is 14.0 Å². The highest BCUT2D eigenvalue weighted by molar-refractivity contribution is 5.93. The molecule has 22 heavy (non-hydrogen) atoms. The van der Waals surface area contributed by atoms with E-state index in [4.69, 9.17) is 4.74 Å². The van der Waals surface area contributed by atoms with Gasteiger partial charge in [-0.3, -0.25) is 0 Å². The van der Waals surface area contributed by atoms with Gasteiger partial charge in [0.2, 0.25) is 0 Å². The summed E-state index contributed by atoms with van der Waals surface area (Å²) < 4.78 is 18.0. The average molecular weight is 306 g/mol. The Morgan fingerprint density at radius 1 is 1.32 bits per heavy atom. The fourth-order valence-corrected chi connectivity index (χ4v) is 3.53. The van der Waals surface area contributed by atoms with E-state index < -0.39 is 6.04 Å². The quantitative estimate of drug-likeness (QED) is 0.874. The van der Waals surface area contributed by atoms with Crippen LogP contribution in [0.1, 0.15) is 26.2 Å². The molecule has 2 amide bonds. The fraction of sp³-hybridized carbons (Fsp3) is 0.500. The van der Waals surface area contributed by atoms with Gasteiger partial charge in [0.1, 0.15) is 11.9 Å². The maximum absolute atomic E-state index is 12.9. The highest BCUT2D eigenvalue weighted by Crippen LogP contribution is 2.43. The SMILES string of the molecule is CCOC(=O)[C@H]1[C@@H]2CC[C@@H](C2)N1C(=O)Nc1ccc(F)cc1. The van der Waals surface area contributed by atoms with Gasteiger partial charge in [-0.05, 0) is 56.4 Å². The topological polar surface area (TPSA) is 58.6 Å². The highest BCUT2D eigenvalue weighted by atomic mass is 19.1. The van der Waals surface area contributed by atoms with E-state index in [-0.39, 0.29) is 29.8 Å². The Morgan fingerprint density at radius 3 is 2.73 bits per heavy atom. The molecule has 1 aromatic carbocycles. The number of rotatable bonds is 3. The van der Waals surface area contributed by atoms with E-state index in [1.807, 2.05) is 0 Å². The molecule has 1 aromatic rings. The molecule has 0 radical (unpaired) electrons. The van der Waals surface area contributed by atoms with Crippen LogP contribution in [-0.4, -0.2) is 35.6 Å². The number of likely N-dealkylation sites (tertiary alicyclic amines) is 1. The summed E-state index contributed by atoms with van der Waals surface area (Å²) in [5.74, 6) is -0.505. The number of piperidine rings is 1. The van der Waals surface area contributed by atoms with Crippen molar-refractivity contribution in [2.45, 2.75) is 38.3 Å². The zero-order valence-electron chi connectivity index (χ0n) is 12.4. The van der Waals surface area contributed by atoms with Crippen molar-refractivity contribution in [3.05, 3.63) is 30.1 Å². The molecular weight excluding hydrogens is 287 g/mol. The van der Waals surface area contributed by atoms with Crippen LogP contribution in [0.25, 0.3) is 0 Å². The van der Waals surface area contributed by atoms with Crippen LogP contribution in [0, 0.1) is 11.7 Å². The molecule has 1 aliphatic carbocycles. The molecule has 2 bridgehead atoms. The molecule has 0 aromatic heterocycles. The number of benzene rings is 1. The summed E-state index contributed by atoms with van der Waals surface area (Å²) in [6.45, 7) is 2.06. The number of hydrogen-bond acceptors (Lipinski definition) is 3. The number of fused-ring (bicyclic) bond motifs is 2. The first-order valence-electron chi connectivity index (χ1n) is 7.61. The monoisotopic (exact) mass is 306 g/mol. The minimum Gasteiger partial charge on any atom is -0.464 e. The molecule has 1 heterocycles. The molecule has 1 saturated heterocycles. The highest BCUT2D eigenvalue weighted by Gasteiger charge is 2.52. The molecule has 118 valence electrons. The van der Waals surface area contributed by atoms with E-state index in [9.17, 15) is 14.0 Å². The molecule has 1 aliphatic heterocycles. The van der Waals surface area contributed by atoms with Gasteiger partial charge >= 0.3 is 12.0 Å². The standard InChI is InChI=1S/C16H19FN2O3/c1-2-22-15(20)14-10-3-8-13(9-10)19(14)16(21)18-12-6-4-11(17)5-7-12/h4-7,10,13-14H,2-3,8-9H2,1H3,(H,18,21)/t10-,13+,14-/m1/s1. The van der Waals surface area contributed by atoms with Gasteiger partial charge in [0, 0.05) is 11.7 Å². The lowest BCUT2D eigenvalue weighted by Crippen LogP contribution is -2.51. The van der Waals surface area contributed by atoms with Crippen molar-refractivity contribution in [1.29, 1.82) is 0 Å². The Kier molecular flexibility index (Phi) is 4.00. The molecule has 1 N–H and O–H groups in total. The number of carbonyl (C=O) groups excluding carboxylic acids is 2. The second-order valence-corrected chi connectivity index (χ2v) is 5.77. The number of nitrogens with zero attached hydrogens (tertiary/aromatic N) is 1. The van der Waals surface area contributed by atoms with Gasteiger partial charge in [0.05, 0.1) is 6.61 Å². The summed E-state index contributed by atoms with van der Waals surface area (Å²) in [7, 11) is 0. The van der Waals surface area contributed by atoms with E-state index in [2.05, 4.69) is 5.32 Å². The van der Waals surface area contributed by atoms with Gasteiger partial charge in [-0.15, -0.1) is 0 Å². The molecule has 1 saturated carbocycles. The first-order valence-corrected chi connectivity index (χ1v) is 7.61. The fourth-order valence-electron chi connectivity index (χ4n) is 3.53. The number of hydrogen-bond donors (Lipinski definition) is 1. The Balaban J connectivity index is 1.74. The van der Waals surface area contributed by atoms with Crippen LogP contribution in [0.4, 0.5) is 14.9 Å². The Hall–Kier alpha value is -2.11. The number of halogens is 1. The summed E-state index contributed by atoms with van der Waals surface area (Å²) in [5, 5.41) is 2.74. The third-order valence-corrected chi connectivity index (χ3v) is 4.44. The minimum absolute atomic E-state index is 0.0832. The third-order valence-electron chi connectivity index (χ3n) is 4.44. The van der Waals surface area contributed by atoms with Crippen LogP contribution in [0.15, 0.2) is 24.3 Å². The van der Waals surface area contributed by atoms with Gasteiger partial charge < -0.3 is 15.0 Å². The van der Waals surface area contributed by atoms with Crippen molar-refractivity contribution in [1.82, 2.24) is 4.90 Å². The predicted octanol–water partition coefficient (Wildman–Crippen LogP) is 2.77. The first kappa shape index (κ1) is 14.8. The number of esters is 1. The lowest BCUT2D eigenvalue weighted by atomic mass is 9.99. The average Bonchev–Trinajstić information content (AvgIpc) is 3.10. The van der Waals surface area contributed by atoms with Crippen molar-refractivity contribution < 1.29 is 18.7 Å². The van der Waals surface area contributed by atoms with E-state index in [0.717, 1.165) is 19.3 Å². The zero-order chi connectivity index (χ0) is 15.7. The van der Waals surface area contributed by atoms with Crippen molar-refractivity contribution in [3.8, 4) is 0 Å². The van der Waals surface area contributed by atoms with Crippen LogP contribution < -0.4 is 5.32 Å². The number of urea groups is 1. The van der Waals surface area contributed by atoms with E-state index in [1.54, 1.807) is 11.8 Å². The van der Waals surface area contributed by atoms with Crippen LogP contribution in [0.2, 0.25) is 0 Å². The van der Waals surface area contributed by atoms with Crippen LogP contribution in [0.5, 0.6) is 0 Å². The second-order valence-electron chi connectivity index (χ2n) is 5.77. The summed E-state index contributed by atoms with van der Waals surface area (Å²) in [5.41, 5.74) is 0.511. The van der Waals surface area contributed by atoms with Gasteiger partial charge in [-0.1, -0.05) is 0 Å². The van der Waals surface area contributed by atoms with Crippen LogP contribution in [0.3, 0.4) is 0 Å². The number of carbonyl (C=O) groups is 2. The molecule has 5 nitrogen and oxygen atoms in total. The van der Waals surface area contributed by atoms with E-state index in [0.29, 0.717) is 12.3 Å². The van der Waals surface area contributed by atoms with Gasteiger partial charge in [-0.2, -0.15) is 0 Å². The Labute approximate surface area is 128 Å². The molecule has 0 unspecified atom stereocenters. The lowest BCUT2D eigenvalue weighted by molar-refractivity contribution is -0.149. The largest absolute Gasteiger partial charge is 0.464 e. The number of amides is 2. The smallest absolute Gasteiger partial charge is 0.329 e. The van der Waals surface area contributed by atoms with Crippen molar-refractivity contribution in [2.75, 3.05) is 11.9 Å². The van der Waals surface area contributed by atoms with Crippen molar-refractivity contribution in [2.24, 2.45) is 5.92 Å². The summed E-state index contributed by atoms with van der Waals surface area (Å²) >= 11 is 0. The molecule has 2 aliphatic rings. The van der Waals surface area contributed by atoms with Crippen LogP contribution in [-0.2, 0) is 9.53 Å². The van der Waals surface area contributed by atoms with E-state index >= 15 is 0 Å². The first-order chi connectivity index (χ1) is 10.6. The zero-order valence-corrected chi connectivity index (χ0v) is 12.4. The Morgan fingerprint density at radius 2 is 2.05 bits per heavy atom. The maximum atomic E-state index is 12.9. The van der Waals surface area contributed by atoms with Crippen molar-refractivity contribution >= 4 is 17.7 Å². The maximum Gasteiger partial charge on any atom is 0.329 e. The van der Waals surface area contributed by atoms with Gasteiger partial charge in [0.25, 0.3) is 0 Å². The normalized spacial score (nSPS) is 26.1. The molecular formula is C16H19FN2O3. The van der Waals surface area contributed by atoms with Crippen molar-refractivity contribution in [3.63, 3.8) is 0 Å². The molecule has 3 atom stereocenters. The predicted molar refractivity (Wildman–Crippen MR) is 78.8 cm³/mol. The molecule has 0 spiro atoms. The third kappa shape index (κ3) is 2.65. The Bertz CT molecular complexity index is 575. The summed E-state index contributed by atoms with van der Waals surface area (Å²) in [4.78, 5) is 26.3. The molecule has 2 fully saturated rings. The van der Waals surface area contributed by atoms with E-state index in [1.165, 1.54) is 24.3 Å². The molecule has 6 heteroatoms. The lowest BCUT2D eigenvalue weighted by Gasteiger charge is -2.33. The molecule has 3 rings (SSSR count). The summed E-state index contributed by atoms with van der Waals surface area (Å²) in [6, 6.07) is 4.83. The number of ether oxygens (including phenoxy) is 1. The summed E-state index contributed by atoms with van der Waals surface area (Å²) in [6.07, 6.45) is 2.71. The minimum atomic E-state index is -0.501. The van der Waals surface area contributed by atoms with Crippen LogP contribution >= 0.6 is 0 Å².